The lowest BCUT2D eigenvalue weighted by Crippen LogP contribution is -2.43. The molecule has 1 fully saturated rings. The van der Waals surface area contributed by atoms with Crippen LogP contribution in [-0.2, 0) is 7.05 Å². The number of nitrogens with zero attached hydrogens (tertiary/aromatic N) is 2. The second-order valence-electron chi connectivity index (χ2n) is 5.36. The minimum atomic E-state index is 0.489. The average Bonchev–Trinajstić information content (AvgIpc) is 2.69. The van der Waals surface area contributed by atoms with E-state index in [1.807, 2.05) is 0 Å². The molecule has 2 heterocycles. The number of rotatable bonds is 1. The quantitative estimate of drug-likeness (QED) is 0.827. The number of aromatic nitrogens is 1. The Kier molecular flexibility index (Phi) is 2.88. The molecule has 1 aliphatic rings. The fourth-order valence-corrected chi connectivity index (χ4v) is 3.07. The lowest BCUT2D eigenvalue weighted by Gasteiger charge is -2.33. The van der Waals surface area contributed by atoms with Crippen LogP contribution in [0.15, 0.2) is 24.4 Å². The van der Waals surface area contributed by atoms with E-state index < -0.39 is 0 Å². The molecule has 0 radical (unpaired) electrons. The largest absolute Gasteiger partial charge is 0.350 e. The van der Waals surface area contributed by atoms with Gasteiger partial charge in [0, 0.05) is 49.8 Å². The van der Waals surface area contributed by atoms with Crippen molar-refractivity contribution in [3.63, 3.8) is 0 Å². The summed E-state index contributed by atoms with van der Waals surface area (Å²) in [6.07, 6.45) is 2.30. The van der Waals surface area contributed by atoms with Gasteiger partial charge in [-0.15, -0.1) is 0 Å². The van der Waals surface area contributed by atoms with E-state index in [1.165, 1.54) is 22.0 Å². The molecule has 1 aromatic heterocycles. The molecule has 2 aromatic rings. The van der Waals surface area contributed by atoms with Crippen LogP contribution in [0, 0.1) is 6.92 Å². The number of hydrogen-bond acceptors (Lipinski definition) is 2. The Morgan fingerprint density at radius 2 is 2.11 bits per heavy atom. The Morgan fingerprint density at radius 3 is 2.89 bits per heavy atom. The summed E-state index contributed by atoms with van der Waals surface area (Å²) in [6.45, 7) is 5.47. The number of fused-ring (bicyclic) bond motifs is 1. The first-order valence-electron chi connectivity index (χ1n) is 6.64. The summed E-state index contributed by atoms with van der Waals surface area (Å²) >= 11 is 0. The zero-order valence-corrected chi connectivity index (χ0v) is 11.4. The Hall–Kier alpha value is -1.32. The van der Waals surface area contributed by atoms with Gasteiger partial charge in [-0.1, -0.05) is 12.1 Å². The predicted octanol–water partition coefficient (Wildman–Crippen LogP) is 2.06. The number of nitrogens with one attached hydrogen (secondary N) is 1. The highest BCUT2D eigenvalue weighted by atomic mass is 15.2. The molecule has 0 amide bonds. The van der Waals surface area contributed by atoms with Gasteiger partial charge in [-0.3, -0.25) is 4.90 Å². The fraction of sp³-hybridized carbons (Fsp3) is 0.467. The molecule has 3 rings (SSSR count). The topological polar surface area (TPSA) is 20.2 Å². The third kappa shape index (κ3) is 1.74. The van der Waals surface area contributed by atoms with Crippen LogP contribution in [0.2, 0.25) is 0 Å². The van der Waals surface area contributed by atoms with Gasteiger partial charge in [-0.2, -0.15) is 0 Å². The van der Waals surface area contributed by atoms with Crippen molar-refractivity contribution in [3.8, 4) is 0 Å². The van der Waals surface area contributed by atoms with Crippen LogP contribution in [0.3, 0.4) is 0 Å². The molecule has 0 aliphatic carbocycles. The number of likely N-dealkylation sites (N-methyl/N-ethyl adjacent to an activating group) is 1. The monoisotopic (exact) mass is 243 g/mol. The van der Waals surface area contributed by atoms with Gasteiger partial charge in [0.25, 0.3) is 0 Å². The highest BCUT2D eigenvalue weighted by Crippen LogP contribution is 2.31. The van der Waals surface area contributed by atoms with E-state index in [-0.39, 0.29) is 0 Å². The number of hydrogen-bond donors (Lipinski definition) is 1. The van der Waals surface area contributed by atoms with Crippen molar-refractivity contribution < 1.29 is 0 Å². The Labute approximate surface area is 108 Å². The molecule has 0 saturated carbocycles. The second-order valence-corrected chi connectivity index (χ2v) is 5.36. The molecule has 0 spiro atoms. The van der Waals surface area contributed by atoms with Gasteiger partial charge in [-0.25, -0.2) is 0 Å². The summed E-state index contributed by atoms with van der Waals surface area (Å²) < 4.78 is 2.25. The summed E-state index contributed by atoms with van der Waals surface area (Å²) in [5.41, 5.74) is 4.17. The first-order valence-corrected chi connectivity index (χ1v) is 6.64. The smallest absolute Gasteiger partial charge is 0.0491 e. The number of aryl methyl sites for hydroxylation is 2. The van der Waals surface area contributed by atoms with Gasteiger partial charge in [0.1, 0.15) is 0 Å². The summed E-state index contributed by atoms with van der Waals surface area (Å²) in [4.78, 5) is 2.46. The zero-order chi connectivity index (χ0) is 12.7. The maximum atomic E-state index is 3.51. The lowest BCUT2D eigenvalue weighted by atomic mass is 10.00. The highest BCUT2D eigenvalue weighted by Gasteiger charge is 2.24. The molecule has 1 saturated heterocycles. The van der Waals surface area contributed by atoms with Gasteiger partial charge >= 0.3 is 0 Å². The number of benzene rings is 1. The molecular weight excluding hydrogens is 222 g/mol. The average molecular weight is 243 g/mol. The minimum absolute atomic E-state index is 0.489. The van der Waals surface area contributed by atoms with Crippen LogP contribution in [0.1, 0.15) is 17.2 Å². The van der Waals surface area contributed by atoms with Crippen molar-refractivity contribution >= 4 is 10.9 Å². The van der Waals surface area contributed by atoms with Gasteiger partial charge < -0.3 is 9.88 Å². The van der Waals surface area contributed by atoms with Crippen LogP contribution in [0.25, 0.3) is 10.9 Å². The molecule has 1 aromatic carbocycles. The van der Waals surface area contributed by atoms with Crippen molar-refractivity contribution in [2.45, 2.75) is 13.0 Å². The molecule has 3 nitrogen and oxygen atoms in total. The Morgan fingerprint density at radius 1 is 1.28 bits per heavy atom. The third-order valence-electron chi connectivity index (χ3n) is 4.12. The highest BCUT2D eigenvalue weighted by molar-refractivity contribution is 5.87. The Balaban J connectivity index is 2.16. The number of piperazine rings is 1. The van der Waals surface area contributed by atoms with Gasteiger partial charge in [0.05, 0.1) is 0 Å². The van der Waals surface area contributed by atoms with E-state index >= 15 is 0 Å². The summed E-state index contributed by atoms with van der Waals surface area (Å²) in [7, 11) is 4.37. The van der Waals surface area contributed by atoms with Crippen LogP contribution < -0.4 is 5.32 Å². The van der Waals surface area contributed by atoms with E-state index in [9.17, 15) is 0 Å². The standard InChI is InChI=1S/C15H21N3/c1-11-5-4-6-13-15(11)12(10-18(13)3)14-9-16-7-8-17(14)2/h4-6,10,14,16H,7-9H2,1-3H3. The van der Waals surface area contributed by atoms with Gasteiger partial charge in [-0.05, 0) is 31.2 Å². The molecule has 96 valence electrons. The maximum Gasteiger partial charge on any atom is 0.0491 e. The predicted molar refractivity (Wildman–Crippen MR) is 75.9 cm³/mol. The van der Waals surface area contributed by atoms with Gasteiger partial charge in [0.15, 0.2) is 0 Å². The van der Waals surface area contributed by atoms with Crippen molar-refractivity contribution in [3.05, 3.63) is 35.5 Å². The molecule has 1 N–H and O–H groups in total. The van der Waals surface area contributed by atoms with E-state index in [0.717, 1.165) is 19.6 Å². The molecule has 1 atom stereocenters. The van der Waals surface area contributed by atoms with Crippen molar-refractivity contribution in [1.29, 1.82) is 0 Å². The Bertz CT molecular complexity index is 570. The molecule has 18 heavy (non-hydrogen) atoms. The second kappa shape index (κ2) is 4.41. The van der Waals surface area contributed by atoms with Crippen molar-refractivity contribution in [2.75, 3.05) is 26.7 Å². The van der Waals surface area contributed by atoms with E-state index in [0.29, 0.717) is 6.04 Å². The normalized spacial score (nSPS) is 21.6. The molecule has 1 aliphatic heterocycles. The molecule has 3 heteroatoms. The van der Waals surface area contributed by atoms with Crippen LogP contribution in [0.4, 0.5) is 0 Å². The van der Waals surface area contributed by atoms with Crippen molar-refractivity contribution in [2.24, 2.45) is 7.05 Å². The van der Waals surface area contributed by atoms with Crippen molar-refractivity contribution in [1.82, 2.24) is 14.8 Å². The SMILES string of the molecule is Cc1cccc2c1c(C1CNCCN1C)cn2C. The minimum Gasteiger partial charge on any atom is -0.350 e. The van der Waals surface area contributed by atoms with Crippen LogP contribution in [0.5, 0.6) is 0 Å². The fourth-order valence-electron chi connectivity index (χ4n) is 3.07. The van der Waals surface area contributed by atoms with E-state index in [4.69, 9.17) is 0 Å². The molecular formula is C15H21N3. The van der Waals surface area contributed by atoms with E-state index in [2.05, 4.69) is 60.2 Å². The summed E-state index contributed by atoms with van der Waals surface area (Å²) in [5, 5.41) is 4.94. The summed E-state index contributed by atoms with van der Waals surface area (Å²) in [6, 6.07) is 7.05. The lowest BCUT2D eigenvalue weighted by molar-refractivity contribution is 0.203. The maximum absolute atomic E-state index is 3.51. The first kappa shape index (κ1) is 11.8. The third-order valence-corrected chi connectivity index (χ3v) is 4.12. The van der Waals surface area contributed by atoms with Crippen LogP contribution in [-0.4, -0.2) is 36.1 Å². The van der Waals surface area contributed by atoms with E-state index in [1.54, 1.807) is 0 Å². The van der Waals surface area contributed by atoms with Gasteiger partial charge in [0.2, 0.25) is 0 Å². The summed E-state index contributed by atoms with van der Waals surface area (Å²) in [5.74, 6) is 0. The van der Waals surface area contributed by atoms with Crippen LogP contribution >= 0.6 is 0 Å². The first-order chi connectivity index (χ1) is 8.68. The molecule has 1 unspecified atom stereocenters. The zero-order valence-electron chi connectivity index (χ0n) is 11.4. The molecule has 0 bridgehead atoms.